The van der Waals surface area contributed by atoms with Crippen molar-refractivity contribution in [3.63, 3.8) is 0 Å². The normalized spacial score (nSPS) is 12.2. The summed E-state index contributed by atoms with van der Waals surface area (Å²) < 4.78 is 68.0. The number of fused-ring (bicyclic) bond motifs is 3. The minimum Gasteiger partial charge on any atom is -0.203 e. The Bertz CT molecular complexity index is 962. The Balaban J connectivity index is 1.91. The van der Waals surface area contributed by atoms with Crippen LogP contribution in [0.25, 0.3) is 22.3 Å². The van der Waals surface area contributed by atoms with Crippen molar-refractivity contribution >= 4 is 0 Å². The Hall–Kier alpha value is -2.69. The minimum atomic E-state index is -2.15. The van der Waals surface area contributed by atoms with E-state index in [2.05, 4.69) is 0 Å². The Morgan fingerprint density at radius 2 is 1.17 bits per heavy atom. The number of hydrogen-bond donors (Lipinski definition) is 0. The molecule has 4 rings (SSSR count). The number of benzene rings is 3. The van der Waals surface area contributed by atoms with Gasteiger partial charge in [0.1, 0.15) is 0 Å². The monoisotopic (exact) mass is 332 g/mol. The van der Waals surface area contributed by atoms with Gasteiger partial charge in [-0.2, -0.15) is 0 Å². The topological polar surface area (TPSA) is 0 Å². The Kier molecular flexibility index (Phi) is 3.20. The molecule has 0 amide bonds. The largest absolute Gasteiger partial charge is 0.203 e. The fourth-order valence-corrected chi connectivity index (χ4v) is 3.16. The van der Waals surface area contributed by atoms with Gasteiger partial charge in [0.15, 0.2) is 23.3 Å². The second-order valence-electron chi connectivity index (χ2n) is 5.65. The second-order valence-corrected chi connectivity index (χ2v) is 5.65. The van der Waals surface area contributed by atoms with E-state index in [1.807, 2.05) is 24.3 Å². The van der Waals surface area contributed by atoms with Crippen molar-refractivity contribution in [3.05, 3.63) is 82.7 Å². The van der Waals surface area contributed by atoms with E-state index in [0.29, 0.717) is 6.42 Å². The van der Waals surface area contributed by atoms with Gasteiger partial charge in [0.25, 0.3) is 0 Å². The molecule has 0 heterocycles. The fourth-order valence-electron chi connectivity index (χ4n) is 3.16. The van der Waals surface area contributed by atoms with E-state index in [-0.39, 0.29) is 5.56 Å². The van der Waals surface area contributed by atoms with Crippen molar-refractivity contribution in [2.75, 3.05) is 0 Å². The van der Waals surface area contributed by atoms with Gasteiger partial charge in [-0.05, 0) is 40.3 Å². The molecule has 0 saturated carbocycles. The number of rotatable bonds is 1. The molecule has 0 fully saturated rings. The highest BCUT2D eigenvalue weighted by atomic mass is 19.2. The molecule has 3 aromatic rings. The van der Waals surface area contributed by atoms with Gasteiger partial charge in [0, 0.05) is 0 Å². The van der Waals surface area contributed by atoms with Crippen molar-refractivity contribution in [3.8, 4) is 22.3 Å². The molecule has 0 spiro atoms. The molecule has 120 valence electrons. The summed E-state index contributed by atoms with van der Waals surface area (Å²) in [5.41, 5.74) is 2.83. The molecule has 3 aromatic carbocycles. The summed E-state index contributed by atoms with van der Waals surface area (Å²) in [7, 11) is 0. The molecule has 0 aliphatic heterocycles. The van der Waals surface area contributed by atoms with Crippen LogP contribution >= 0.6 is 0 Å². The summed E-state index contributed by atoms with van der Waals surface area (Å²) in [6.45, 7) is 0. The number of halogens is 5. The molecule has 0 atom stereocenters. The van der Waals surface area contributed by atoms with E-state index < -0.39 is 34.6 Å². The summed E-state index contributed by atoms with van der Waals surface area (Å²) in [4.78, 5) is 0. The van der Waals surface area contributed by atoms with Crippen molar-refractivity contribution in [1.29, 1.82) is 0 Å². The summed E-state index contributed by atoms with van der Waals surface area (Å²) in [6, 6.07) is 12.1. The molecule has 0 radical (unpaired) electrons. The van der Waals surface area contributed by atoms with Crippen LogP contribution < -0.4 is 0 Å². The van der Waals surface area contributed by atoms with Crippen LogP contribution in [0.4, 0.5) is 22.0 Å². The first-order valence-electron chi connectivity index (χ1n) is 7.22. The van der Waals surface area contributed by atoms with Gasteiger partial charge in [0.2, 0.25) is 5.82 Å². The summed E-state index contributed by atoms with van der Waals surface area (Å²) in [5.74, 6) is -9.66. The third kappa shape index (κ3) is 1.97. The summed E-state index contributed by atoms with van der Waals surface area (Å²) >= 11 is 0. The average Bonchev–Trinajstić information content (AvgIpc) is 2.96. The summed E-state index contributed by atoms with van der Waals surface area (Å²) in [6.07, 6.45) is 0.550. The smallest absolute Gasteiger partial charge is 0.200 e. The quantitative estimate of drug-likeness (QED) is 0.241. The van der Waals surface area contributed by atoms with E-state index in [1.165, 1.54) is 12.1 Å². The van der Waals surface area contributed by atoms with Crippen molar-refractivity contribution in [2.45, 2.75) is 6.42 Å². The first kappa shape index (κ1) is 14.9. The van der Waals surface area contributed by atoms with Gasteiger partial charge in [-0.3, -0.25) is 0 Å². The Morgan fingerprint density at radius 3 is 1.88 bits per heavy atom. The van der Waals surface area contributed by atoms with E-state index in [4.69, 9.17) is 0 Å². The van der Waals surface area contributed by atoms with Gasteiger partial charge in [-0.25, -0.2) is 22.0 Å². The fraction of sp³-hybridized carbons (Fsp3) is 0.0526. The second kappa shape index (κ2) is 5.16. The molecule has 1 aliphatic rings. The van der Waals surface area contributed by atoms with Gasteiger partial charge in [-0.1, -0.05) is 36.4 Å². The highest BCUT2D eigenvalue weighted by Crippen LogP contribution is 2.40. The highest BCUT2D eigenvalue weighted by molar-refractivity contribution is 5.80. The van der Waals surface area contributed by atoms with Gasteiger partial charge >= 0.3 is 0 Å². The molecule has 0 N–H and O–H groups in total. The van der Waals surface area contributed by atoms with E-state index in [1.54, 1.807) is 6.07 Å². The standard InChI is InChI=1S/C19H9F5/c20-15-14(16(21)18(23)19(24)17(15)22)10-5-6-13-11(8-10)7-9-3-1-2-4-12(9)13/h1-6,8H,7H2. The van der Waals surface area contributed by atoms with E-state index >= 15 is 0 Å². The molecule has 0 bridgehead atoms. The van der Waals surface area contributed by atoms with Crippen LogP contribution in [-0.4, -0.2) is 0 Å². The lowest BCUT2D eigenvalue weighted by molar-refractivity contribution is 0.381. The minimum absolute atomic E-state index is 0.0330. The predicted octanol–water partition coefficient (Wildman–Crippen LogP) is 5.62. The molecular weight excluding hydrogens is 323 g/mol. The molecule has 0 saturated heterocycles. The molecule has 24 heavy (non-hydrogen) atoms. The molecule has 0 unspecified atom stereocenters. The molecule has 1 aliphatic carbocycles. The maximum atomic E-state index is 14.0. The molecule has 0 aromatic heterocycles. The SMILES string of the molecule is Fc1c(F)c(F)c(-c2ccc3c(c2)Cc2ccccc2-3)c(F)c1F. The van der Waals surface area contributed by atoms with Crippen LogP contribution in [0.5, 0.6) is 0 Å². The summed E-state index contributed by atoms with van der Waals surface area (Å²) in [5, 5.41) is 0. The van der Waals surface area contributed by atoms with Crippen LogP contribution in [0, 0.1) is 29.1 Å². The van der Waals surface area contributed by atoms with Crippen LogP contribution in [0.1, 0.15) is 11.1 Å². The highest BCUT2D eigenvalue weighted by Gasteiger charge is 2.27. The molecule has 5 heteroatoms. The zero-order valence-corrected chi connectivity index (χ0v) is 12.1. The first-order chi connectivity index (χ1) is 11.5. The van der Waals surface area contributed by atoms with Crippen molar-refractivity contribution in [2.24, 2.45) is 0 Å². The Morgan fingerprint density at radius 1 is 0.583 bits per heavy atom. The van der Waals surface area contributed by atoms with Gasteiger partial charge in [-0.15, -0.1) is 0 Å². The Labute approximate surface area is 134 Å². The van der Waals surface area contributed by atoms with Crippen molar-refractivity contribution in [1.82, 2.24) is 0 Å². The van der Waals surface area contributed by atoms with Crippen LogP contribution in [0.2, 0.25) is 0 Å². The number of hydrogen-bond acceptors (Lipinski definition) is 0. The van der Waals surface area contributed by atoms with Gasteiger partial charge in [0.05, 0.1) is 5.56 Å². The lowest BCUT2D eigenvalue weighted by Crippen LogP contribution is -2.04. The zero-order valence-electron chi connectivity index (χ0n) is 12.1. The van der Waals surface area contributed by atoms with Crippen LogP contribution in [0.3, 0.4) is 0 Å². The maximum Gasteiger partial charge on any atom is 0.200 e. The maximum absolute atomic E-state index is 14.0. The third-order valence-corrected chi connectivity index (χ3v) is 4.29. The average molecular weight is 332 g/mol. The van der Waals surface area contributed by atoms with Crippen LogP contribution in [0.15, 0.2) is 42.5 Å². The van der Waals surface area contributed by atoms with E-state index in [9.17, 15) is 22.0 Å². The lowest BCUT2D eigenvalue weighted by atomic mass is 9.98. The third-order valence-electron chi connectivity index (χ3n) is 4.29. The van der Waals surface area contributed by atoms with E-state index in [0.717, 1.165) is 22.3 Å². The molecular formula is C19H9F5. The first-order valence-corrected chi connectivity index (χ1v) is 7.22. The van der Waals surface area contributed by atoms with Gasteiger partial charge < -0.3 is 0 Å². The van der Waals surface area contributed by atoms with Crippen LogP contribution in [-0.2, 0) is 6.42 Å². The van der Waals surface area contributed by atoms with Crippen molar-refractivity contribution < 1.29 is 22.0 Å². The predicted molar refractivity (Wildman–Crippen MR) is 79.9 cm³/mol. The molecule has 0 nitrogen and oxygen atoms in total. The lowest BCUT2D eigenvalue weighted by Gasteiger charge is -2.10. The zero-order chi connectivity index (χ0) is 17.0.